The van der Waals surface area contributed by atoms with E-state index < -0.39 is 0 Å². The molecule has 0 saturated carbocycles. The molecule has 1 saturated heterocycles. The Morgan fingerprint density at radius 3 is 2.30 bits per heavy atom. The average Bonchev–Trinajstić information content (AvgIpc) is 2.89. The Balaban J connectivity index is 1.85. The predicted molar refractivity (Wildman–Crippen MR) is 93.6 cm³/mol. The summed E-state index contributed by atoms with van der Waals surface area (Å²) < 4.78 is 10.8. The molecule has 118 valence electrons. The Morgan fingerprint density at radius 2 is 1.57 bits per heavy atom. The van der Waals surface area contributed by atoms with Crippen LogP contribution < -0.4 is 4.90 Å². The molecule has 2 heterocycles. The minimum atomic E-state index is 0.833. The van der Waals surface area contributed by atoms with Crippen molar-refractivity contribution >= 4 is 23.3 Å². The van der Waals surface area contributed by atoms with E-state index in [0.29, 0.717) is 0 Å². The number of hydrogen-bond donors (Lipinski definition) is 1. The summed E-state index contributed by atoms with van der Waals surface area (Å²) in [4.78, 5) is 1.52. The number of ether oxygens (including phenoxy) is 1. The molecule has 4 rings (SSSR count). The van der Waals surface area contributed by atoms with Crippen LogP contribution >= 0.6 is 12.2 Å². The molecule has 1 N–H and O–H groups in total. The van der Waals surface area contributed by atoms with Crippen LogP contribution in [0, 0.1) is 4.77 Å². The van der Waals surface area contributed by atoms with Crippen molar-refractivity contribution < 1.29 is 9.64 Å². The van der Waals surface area contributed by atoms with E-state index in [4.69, 9.17) is 17.0 Å². The number of aromatic nitrogens is 2. The van der Waals surface area contributed by atoms with Gasteiger partial charge < -0.3 is 9.64 Å². The summed E-state index contributed by atoms with van der Waals surface area (Å²) in [5, 5.41) is 0. The SMILES string of the molecule is S=c1n(C[NH+]2CCOCC2)c2ccccc2n1-c1ccccc1. The van der Waals surface area contributed by atoms with Crippen molar-refractivity contribution in [3.63, 3.8) is 0 Å². The summed E-state index contributed by atoms with van der Waals surface area (Å²) in [6.45, 7) is 4.63. The lowest BCUT2D eigenvalue weighted by Gasteiger charge is -2.24. The first-order valence-electron chi connectivity index (χ1n) is 8.01. The maximum absolute atomic E-state index is 5.82. The quantitative estimate of drug-likeness (QED) is 0.745. The molecule has 4 nitrogen and oxygen atoms in total. The summed E-state index contributed by atoms with van der Waals surface area (Å²) in [5.74, 6) is 0. The van der Waals surface area contributed by atoms with Gasteiger partial charge in [-0.15, -0.1) is 0 Å². The molecule has 3 aromatic rings. The number of morpholine rings is 1. The monoisotopic (exact) mass is 326 g/mol. The molecule has 1 aromatic heterocycles. The van der Waals surface area contributed by atoms with Gasteiger partial charge in [0.05, 0.1) is 24.2 Å². The van der Waals surface area contributed by atoms with Gasteiger partial charge in [0.25, 0.3) is 0 Å². The van der Waals surface area contributed by atoms with Crippen molar-refractivity contribution in [3.05, 3.63) is 59.4 Å². The van der Waals surface area contributed by atoms with Crippen molar-refractivity contribution in [1.29, 1.82) is 0 Å². The largest absolute Gasteiger partial charge is 0.370 e. The van der Waals surface area contributed by atoms with Gasteiger partial charge >= 0.3 is 0 Å². The van der Waals surface area contributed by atoms with Crippen molar-refractivity contribution in [2.75, 3.05) is 26.3 Å². The highest BCUT2D eigenvalue weighted by Crippen LogP contribution is 2.21. The lowest BCUT2D eigenvalue weighted by Crippen LogP contribution is -3.13. The Morgan fingerprint density at radius 1 is 0.913 bits per heavy atom. The number of benzene rings is 2. The fourth-order valence-corrected chi connectivity index (χ4v) is 3.60. The zero-order valence-electron chi connectivity index (χ0n) is 12.9. The lowest BCUT2D eigenvalue weighted by molar-refractivity contribution is -0.930. The number of para-hydroxylation sites is 3. The van der Waals surface area contributed by atoms with Crippen LogP contribution in [0.2, 0.25) is 0 Å². The van der Waals surface area contributed by atoms with Gasteiger partial charge in [0.2, 0.25) is 0 Å². The van der Waals surface area contributed by atoms with Gasteiger partial charge in [-0.05, 0) is 36.5 Å². The normalized spacial score (nSPS) is 16.0. The third-order valence-corrected chi connectivity index (χ3v) is 4.83. The average molecular weight is 326 g/mol. The zero-order valence-corrected chi connectivity index (χ0v) is 13.8. The fraction of sp³-hybridized carbons (Fsp3) is 0.278. The number of nitrogens with one attached hydrogen (secondary N) is 1. The van der Waals surface area contributed by atoms with Gasteiger partial charge in [0.1, 0.15) is 13.1 Å². The molecule has 5 heteroatoms. The molecule has 0 atom stereocenters. The molecule has 0 aliphatic carbocycles. The summed E-state index contributed by atoms with van der Waals surface area (Å²) in [6.07, 6.45) is 0. The van der Waals surface area contributed by atoms with Crippen molar-refractivity contribution in [2.24, 2.45) is 0 Å². The summed E-state index contributed by atoms with van der Waals surface area (Å²) >= 11 is 5.82. The highest BCUT2D eigenvalue weighted by atomic mass is 32.1. The van der Waals surface area contributed by atoms with E-state index in [1.54, 1.807) is 0 Å². The second kappa shape index (κ2) is 6.28. The van der Waals surface area contributed by atoms with Crippen LogP contribution in [0.5, 0.6) is 0 Å². The second-order valence-electron chi connectivity index (χ2n) is 5.89. The van der Waals surface area contributed by atoms with Gasteiger partial charge in [0.15, 0.2) is 11.4 Å². The smallest absolute Gasteiger partial charge is 0.189 e. The molecule has 1 aliphatic rings. The number of nitrogens with zero attached hydrogens (tertiary/aromatic N) is 2. The topological polar surface area (TPSA) is 23.5 Å². The third kappa shape index (κ3) is 2.72. The molecule has 0 spiro atoms. The lowest BCUT2D eigenvalue weighted by atomic mass is 10.3. The molecule has 23 heavy (non-hydrogen) atoms. The van der Waals surface area contributed by atoms with Crippen LogP contribution in [0.4, 0.5) is 0 Å². The van der Waals surface area contributed by atoms with E-state index in [1.807, 2.05) is 6.07 Å². The van der Waals surface area contributed by atoms with Gasteiger partial charge in [-0.2, -0.15) is 0 Å². The predicted octanol–water partition coefficient (Wildman–Crippen LogP) is 2.03. The van der Waals surface area contributed by atoms with E-state index in [1.165, 1.54) is 10.4 Å². The highest BCUT2D eigenvalue weighted by Gasteiger charge is 2.18. The number of hydrogen-bond acceptors (Lipinski definition) is 2. The summed E-state index contributed by atoms with van der Waals surface area (Å²) in [6, 6.07) is 18.8. The Labute approximate surface area is 140 Å². The minimum absolute atomic E-state index is 0.833. The molecule has 0 amide bonds. The van der Waals surface area contributed by atoms with Gasteiger partial charge in [0, 0.05) is 5.69 Å². The first kappa shape index (κ1) is 14.6. The number of rotatable bonds is 3. The van der Waals surface area contributed by atoms with E-state index in [9.17, 15) is 0 Å². The number of quaternary nitrogens is 1. The molecule has 0 unspecified atom stereocenters. The molecule has 0 radical (unpaired) electrons. The van der Waals surface area contributed by atoms with E-state index in [0.717, 1.165) is 48.9 Å². The molecule has 1 aliphatic heterocycles. The number of imidazole rings is 1. The minimum Gasteiger partial charge on any atom is -0.370 e. The van der Waals surface area contributed by atoms with E-state index >= 15 is 0 Å². The highest BCUT2D eigenvalue weighted by molar-refractivity contribution is 7.71. The second-order valence-corrected chi connectivity index (χ2v) is 6.26. The van der Waals surface area contributed by atoms with Crippen molar-refractivity contribution in [1.82, 2.24) is 9.13 Å². The van der Waals surface area contributed by atoms with Crippen LogP contribution in [0.1, 0.15) is 0 Å². The maximum atomic E-state index is 5.82. The van der Waals surface area contributed by atoms with Crippen LogP contribution in [0.15, 0.2) is 54.6 Å². The molecular formula is C18H20N3OS+. The Hall–Kier alpha value is -1.95. The summed E-state index contributed by atoms with van der Waals surface area (Å²) in [5.41, 5.74) is 3.47. The van der Waals surface area contributed by atoms with E-state index in [-0.39, 0.29) is 0 Å². The van der Waals surface area contributed by atoms with Gasteiger partial charge in [-0.3, -0.25) is 9.13 Å². The molecule has 0 bridgehead atoms. The van der Waals surface area contributed by atoms with E-state index in [2.05, 4.69) is 57.7 Å². The van der Waals surface area contributed by atoms with Crippen LogP contribution in [-0.4, -0.2) is 35.4 Å². The first-order chi connectivity index (χ1) is 11.3. The molecule has 2 aromatic carbocycles. The summed E-state index contributed by atoms with van der Waals surface area (Å²) in [7, 11) is 0. The van der Waals surface area contributed by atoms with Crippen LogP contribution in [0.25, 0.3) is 16.7 Å². The molecular weight excluding hydrogens is 306 g/mol. The Kier molecular flexibility index (Phi) is 3.99. The third-order valence-electron chi connectivity index (χ3n) is 4.43. The standard InChI is InChI=1S/C18H19N3OS/c23-18-20(14-19-10-12-22-13-11-19)16-8-4-5-9-17(16)21(18)15-6-2-1-3-7-15/h1-9H,10-14H2/p+1. The van der Waals surface area contributed by atoms with Gasteiger partial charge in [-0.25, -0.2) is 0 Å². The Bertz CT molecular complexity index is 863. The van der Waals surface area contributed by atoms with Gasteiger partial charge in [-0.1, -0.05) is 30.3 Å². The number of fused-ring (bicyclic) bond motifs is 1. The van der Waals surface area contributed by atoms with Crippen LogP contribution in [-0.2, 0) is 11.4 Å². The molecule has 1 fully saturated rings. The first-order valence-corrected chi connectivity index (χ1v) is 8.42. The fourth-order valence-electron chi connectivity index (χ4n) is 3.23. The van der Waals surface area contributed by atoms with Crippen molar-refractivity contribution in [2.45, 2.75) is 6.67 Å². The van der Waals surface area contributed by atoms with Crippen molar-refractivity contribution in [3.8, 4) is 5.69 Å². The van der Waals surface area contributed by atoms with Crippen LogP contribution in [0.3, 0.4) is 0 Å². The maximum Gasteiger partial charge on any atom is 0.189 e. The zero-order chi connectivity index (χ0) is 15.6.